The van der Waals surface area contributed by atoms with E-state index < -0.39 is 5.82 Å². The molecule has 2 N–H and O–H groups in total. The van der Waals surface area contributed by atoms with Gasteiger partial charge in [-0.25, -0.2) is 9.37 Å². The van der Waals surface area contributed by atoms with Gasteiger partial charge in [-0.1, -0.05) is 24.6 Å². The summed E-state index contributed by atoms with van der Waals surface area (Å²) in [7, 11) is 0. The maximum absolute atomic E-state index is 13.7. The molecule has 5 heteroatoms. The number of anilines is 1. The van der Waals surface area contributed by atoms with Gasteiger partial charge in [-0.2, -0.15) is 0 Å². The first kappa shape index (κ1) is 11.9. The van der Waals surface area contributed by atoms with Crippen LogP contribution in [0.3, 0.4) is 0 Å². The predicted octanol–water partition coefficient (Wildman–Crippen LogP) is 3.33. The van der Waals surface area contributed by atoms with E-state index in [1.807, 2.05) is 6.92 Å². The van der Waals surface area contributed by atoms with Crippen LogP contribution in [0.5, 0.6) is 0 Å². The monoisotopic (exact) mass is 253 g/mol. The molecule has 2 rings (SSSR count). The Morgan fingerprint density at radius 3 is 2.88 bits per heavy atom. The number of aryl methyl sites for hydroxylation is 1. The molecular weight excluding hydrogens is 241 g/mol. The van der Waals surface area contributed by atoms with E-state index in [4.69, 9.17) is 17.3 Å². The molecule has 1 heterocycles. The number of aromatic nitrogens is 2. The van der Waals surface area contributed by atoms with E-state index in [0.29, 0.717) is 16.5 Å². The third-order valence-electron chi connectivity index (χ3n) is 2.54. The van der Waals surface area contributed by atoms with Crippen LogP contribution in [0.15, 0.2) is 24.5 Å². The van der Waals surface area contributed by atoms with Gasteiger partial charge in [0.05, 0.1) is 16.9 Å². The van der Waals surface area contributed by atoms with Crippen LogP contribution in [-0.4, -0.2) is 9.55 Å². The van der Waals surface area contributed by atoms with Crippen molar-refractivity contribution in [2.75, 3.05) is 5.73 Å². The summed E-state index contributed by atoms with van der Waals surface area (Å²) < 4.78 is 15.5. The van der Waals surface area contributed by atoms with Crippen LogP contribution in [-0.2, 0) is 6.54 Å². The molecule has 0 amide bonds. The standard InChI is InChI=1S/C12H13ClFN3/c1-2-6-17-7-16-11(12(17)15)10-8(13)4-3-5-9(10)14/h3-5,7H,2,6,15H2,1H3. The highest BCUT2D eigenvalue weighted by Gasteiger charge is 2.16. The Balaban J connectivity index is 2.54. The third kappa shape index (κ3) is 2.13. The summed E-state index contributed by atoms with van der Waals surface area (Å²) in [6.45, 7) is 2.79. The molecule has 0 bridgehead atoms. The summed E-state index contributed by atoms with van der Waals surface area (Å²) in [4.78, 5) is 4.14. The van der Waals surface area contributed by atoms with E-state index in [9.17, 15) is 4.39 Å². The molecule has 0 atom stereocenters. The van der Waals surface area contributed by atoms with Crippen LogP contribution in [0.1, 0.15) is 13.3 Å². The zero-order chi connectivity index (χ0) is 12.4. The van der Waals surface area contributed by atoms with Crippen LogP contribution < -0.4 is 5.73 Å². The van der Waals surface area contributed by atoms with Crippen LogP contribution in [0, 0.1) is 5.82 Å². The van der Waals surface area contributed by atoms with Gasteiger partial charge in [-0.3, -0.25) is 0 Å². The molecule has 17 heavy (non-hydrogen) atoms. The minimum absolute atomic E-state index is 0.265. The van der Waals surface area contributed by atoms with E-state index in [2.05, 4.69) is 4.98 Å². The molecule has 0 radical (unpaired) electrons. The molecule has 0 saturated carbocycles. The van der Waals surface area contributed by atoms with E-state index >= 15 is 0 Å². The van der Waals surface area contributed by atoms with Crippen molar-refractivity contribution in [1.29, 1.82) is 0 Å². The van der Waals surface area contributed by atoms with E-state index in [1.54, 1.807) is 23.0 Å². The van der Waals surface area contributed by atoms with Crippen molar-refractivity contribution < 1.29 is 4.39 Å². The quantitative estimate of drug-likeness (QED) is 0.912. The Labute approximate surface area is 104 Å². The summed E-state index contributed by atoms with van der Waals surface area (Å²) >= 11 is 5.98. The Morgan fingerprint density at radius 1 is 1.47 bits per heavy atom. The van der Waals surface area contributed by atoms with Crippen LogP contribution in [0.25, 0.3) is 11.3 Å². The molecule has 1 aromatic heterocycles. The fourth-order valence-corrected chi connectivity index (χ4v) is 1.98. The lowest BCUT2D eigenvalue weighted by molar-refractivity contribution is 0.631. The molecule has 0 aliphatic carbocycles. The van der Waals surface area contributed by atoms with Gasteiger partial charge in [0.15, 0.2) is 0 Å². The molecular formula is C12H13ClFN3. The average molecular weight is 254 g/mol. The second-order valence-electron chi connectivity index (χ2n) is 3.77. The normalized spacial score (nSPS) is 10.8. The fraction of sp³-hybridized carbons (Fsp3) is 0.250. The molecule has 1 aromatic carbocycles. The number of imidazole rings is 1. The Bertz CT molecular complexity index is 516. The predicted molar refractivity (Wildman–Crippen MR) is 67.3 cm³/mol. The summed E-state index contributed by atoms with van der Waals surface area (Å²) in [6, 6.07) is 4.53. The van der Waals surface area contributed by atoms with Gasteiger partial charge in [0.1, 0.15) is 17.3 Å². The van der Waals surface area contributed by atoms with Crippen molar-refractivity contribution in [3.05, 3.63) is 35.4 Å². The summed E-state index contributed by atoms with van der Waals surface area (Å²) in [5, 5.41) is 0.318. The number of nitrogens with zero attached hydrogens (tertiary/aromatic N) is 2. The molecule has 90 valence electrons. The highest BCUT2D eigenvalue weighted by Crippen LogP contribution is 2.32. The third-order valence-corrected chi connectivity index (χ3v) is 2.86. The molecule has 0 unspecified atom stereocenters. The van der Waals surface area contributed by atoms with Crippen molar-refractivity contribution in [1.82, 2.24) is 9.55 Å². The van der Waals surface area contributed by atoms with E-state index in [1.165, 1.54) is 6.07 Å². The molecule has 0 aliphatic rings. The van der Waals surface area contributed by atoms with Crippen LogP contribution in [0.4, 0.5) is 10.2 Å². The maximum Gasteiger partial charge on any atom is 0.134 e. The Kier molecular flexibility index (Phi) is 3.33. The summed E-state index contributed by atoms with van der Waals surface area (Å²) in [5.41, 5.74) is 6.60. The number of hydrogen-bond acceptors (Lipinski definition) is 2. The van der Waals surface area contributed by atoms with Crippen molar-refractivity contribution >= 4 is 17.4 Å². The summed E-state index contributed by atoms with van der Waals surface area (Å²) in [5.74, 6) is 0.0322. The topological polar surface area (TPSA) is 43.8 Å². The van der Waals surface area contributed by atoms with Gasteiger partial charge in [0.25, 0.3) is 0 Å². The van der Waals surface area contributed by atoms with Crippen molar-refractivity contribution in [2.24, 2.45) is 0 Å². The molecule has 3 nitrogen and oxygen atoms in total. The first-order valence-corrected chi connectivity index (χ1v) is 5.78. The minimum Gasteiger partial charge on any atom is -0.383 e. The van der Waals surface area contributed by atoms with Crippen molar-refractivity contribution in [3.63, 3.8) is 0 Å². The molecule has 0 saturated heterocycles. The second kappa shape index (κ2) is 4.75. The highest BCUT2D eigenvalue weighted by molar-refractivity contribution is 6.33. The molecule has 0 spiro atoms. The largest absolute Gasteiger partial charge is 0.383 e. The zero-order valence-corrected chi connectivity index (χ0v) is 10.2. The Hall–Kier alpha value is -1.55. The first-order valence-electron chi connectivity index (χ1n) is 5.40. The number of halogens is 2. The zero-order valence-electron chi connectivity index (χ0n) is 9.45. The smallest absolute Gasteiger partial charge is 0.134 e. The number of hydrogen-bond donors (Lipinski definition) is 1. The first-order chi connectivity index (χ1) is 8.15. The van der Waals surface area contributed by atoms with Gasteiger partial charge >= 0.3 is 0 Å². The maximum atomic E-state index is 13.7. The number of rotatable bonds is 3. The van der Waals surface area contributed by atoms with Crippen LogP contribution >= 0.6 is 11.6 Å². The lowest BCUT2D eigenvalue weighted by Crippen LogP contribution is -2.01. The van der Waals surface area contributed by atoms with Crippen molar-refractivity contribution in [2.45, 2.75) is 19.9 Å². The molecule has 0 fully saturated rings. The highest BCUT2D eigenvalue weighted by atomic mass is 35.5. The SMILES string of the molecule is CCCn1cnc(-c2c(F)cccc2Cl)c1N. The van der Waals surface area contributed by atoms with Gasteiger partial charge in [0, 0.05) is 6.54 Å². The number of nitrogen functional groups attached to an aromatic ring is 1. The molecule has 0 aliphatic heterocycles. The van der Waals surface area contributed by atoms with Crippen LogP contribution in [0.2, 0.25) is 5.02 Å². The summed E-state index contributed by atoms with van der Waals surface area (Å²) in [6.07, 6.45) is 2.54. The van der Waals surface area contributed by atoms with Crippen molar-refractivity contribution in [3.8, 4) is 11.3 Å². The van der Waals surface area contributed by atoms with Gasteiger partial charge in [-0.15, -0.1) is 0 Å². The average Bonchev–Trinajstić information content (AvgIpc) is 2.62. The second-order valence-corrected chi connectivity index (χ2v) is 4.18. The minimum atomic E-state index is -0.411. The molecule has 2 aromatic rings. The van der Waals surface area contributed by atoms with E-state index in [0.717, 1.165) is 13.0 Å². The fourth-order valence-electron chi connectivity index (χ4n) is 1.73. The lowest BCUT2D eigenvalue weighted by atomic mass is 10.1. The van der Waals surface area contributed by atoms with Gasteiger partial charge in [0.2, 0.25) is 0 Å². The number of benzene rings is 1. The van der Waals surface area contributed by atoms with Gasteiger partial charge in [-0.05, 0) is 18.6 Å². The van der Waals surface area contributed by atoms with Gasteiger partial charge < -0.3 is 10.3 Å². The van der Waals surface area contributed by atoms with E-state index in [-0.39, 0.29) is 5.56 Å². The lowest BCUT2D eigenvalue weighted by Gasteiger charge is -2.06. The number of nitrogens with two attached hydrogens (primary N) is 1. The Morgan fingerprint density at radius 2 is 2.24 bits per heavy atom.